The van der Waals surface area contributed by atoms with E-state index in [4.69, 9.17) is 5.73 Å². The number of hydrogen-bond donors (Lipinski definition) is 2. The van der Waals surface area contributed by atoms with Crippen LogP contribution in [0.4, 0.5) is 5.95 Å². The first-order valence-corrected chi connectivity index (χ1v) is 6.68. The number of hydrogen-bond acceptors (Lipinski definition) is 4. The van der Waals surface area contributed by atoms with Crippen molar-refractivity contribution < 1.29 is 4.79 Å². The van der Waals surface area contributed by atoms with Gasteiger partial charge in [0.1, 0.15) is 0 Å². The van der Waals surface area contributed by atoms with Crippen molar-refractivity contribution in [3.63, 3.8) is 0 Å². The van der Waals surface area contributed by atoms with Crippen LogP contribution in [0.1, 0.15) is 21.6 Å². The fourth-order valence-corrected chi connectivity index (χ4v) is 2.73. The number of aromatic nitrogens is 3. The molecule has 0 radical (unpaired) electrons. The Balaban J connectivity index is 1.68. The summed E-state index contributed by atoms with van der Waals surface area (Å²) in [6.45, 7) is 0.994. The summed E-state index contributed by atoms with van der Waals surface area (Å²) in [7, 11) is 0. The fraction of sp³-hybridized carbons (Fsp3) is 0.133. The highest BCUT2D eigenvalue weighted by molar-refractivity contribution is 6.06. The Morgan fingerprint density at radius 2 is 2.14 bits per heavy atom. The van der Waals surface area contributed by atoms with Gasteiger partial charge in [0, 0.05) is 35.4 Å². The number of aromatic amines is 1. The van der Waals surface area contributed by atoms with Crippen molar-refractivity contribution >= 4 is 22.8 Å². The molecule has 1 aromatic carbocycles. The summed E-state index contributed by atoms with van der Waals surface area (Å²) < 4.78 is 0. The predicted molar refractivity (Wildman–Crippen MR) is 78.3 cm³/mol. The minimum Gasteiger partial charge on any atom is -0.368 e. The second-order valence-corrected chi connectivity index (χ2v) is 5.11. The highest BCUT2D eigenvalue weighted by Crippen LogP contribution is 2.25. The van der Waals surface area contributed by atoms with E-state index in [1.807, 2.05) is 24.3 Å². The van der Waals surface area contributed by atoms with Crippen LogP contribution in [0.25, 0.3) is 10.9 Å². The second kappa shape index (κ2) is 4.31. The molecule has 0 atom stereocenters. The molecular formula is C15H13N5O. The number of H-pyrrole nitrogens is 1. The van der Waals surface area contributed by atoms with E-state index in [1.165, 1.54) is 0 Å². The van der Waals surface area contributed by atoms with Crippen LogP contribution >= 0.6 is 0 Å². The normalized spacial score (nSPS) is 13.6. The lowest BCUT2D eigenvalue weighted by molar-refractivity contribution is 0.0752. The number of nitrogen functional groups attached to an aromatic ring is 1. The zero-order valence-corrected chi connectivity index (χ0v) is 11.2. The van der Waals surface area contributed by atoms with Crippen LogP contribution in [-0.4, -0.2) is 25.8 Å². The lowest BCUT2D eigenvalue weighted by Gasteiger charge is -2.14. The standard InChI is InChI=1S/C15H13N5O/c16-15-18-5-9-7-20(8-13(9)19-15)14(21)11-6-17-12-4-2-1-3-10(11)12/h1-6,17H,7-8H2,(H2,16,18,19). The Morgan fingerprint density at radius 3 is 3.05 bits per heavy atom. The van der Waals surface area contributed by atoms with E-state index in [-0.39, 0.29) is 11.9 Å². The van der Waals surface area contributed by atoms with E-state index in [9.17, 15) is 4.79 Å². The molecule has 6 heteroatoms. The molecule has 4 rings (SSSR count). The maximum absolute atomic E-state index is 12.7. The highest BCUT2D eigenvalue weighted by Gasteiger charge is 2.27. The van der Waals surface area contributed by atoms with Crippen molar-refractivity contribution in [2.75, 3.05) is 5.73 Å². The molecule has 0 spiro atoms. The Morgan fingerprint density at radius 1 is 1.29 bits per heavy atom. The van der Waals surface area contributed by atoms with Crippen LogP contribution in [0.3, 0.4) is 0 Å². The van der Waals surface area contributed by atoms with E-state index in [1.54, 1.807) is 17.3 Å². The molecule has 1 aliphatic heterocycles. The van der Waals surface area contributed by atoms with Gasteiger partial charge in [-0.05, 0) is 6.07 Å². The Bertz CT molecular complexity index is 854. The molecule has 0 aliphatic carbocycles. The van der Waals surface area contributed by atoms with Gasteiger partial charge in [0.05, 0.1) is 17.8 Å². The SMILES string of the molecule is Nc1ncc2c(n1)CN(C(=O)c1c[nH]c3ccccc13)C2. The van der Waals surface area contributed by atoms with Gasteiger partial charge in [0.2, 0.25) is 5.95 Å². The van der Waals surface area contributed by atoms with E-state index < -0.39 is 0 Å². The number of anilines is 1. The summed E-state index contributed by atoms with van der Waals surface area (Å²) in [4.78, 5) is 25.8. The molecule has 0 bridgehead atoms. The van der Waals surface area contributed by atoms with E-state index in [2.05, 4.69) is 15.0 Å². The van der Waals surface area contributed by atoms with Gasteiger partial charge in [-0.15, -0.1) is 0 Å². The van der Waals surface area contributed by atoms with Gasteiger partial charge in [-0.25, -0.2) is 9.97 Å². The van der Waals surface area contributed by atoms with E-state index in [0.29, 0.717) is 18.7 Å². The molecule has 0 saturated heterocycles. The zero-order chi connectivity index (χ0) is 14.4. The van der Waals surface area contributed by atoms with E-state index >= 15 is 0 Å². The summed E-state index contributed by atoms with van der Waals surface area (Å²) in [6, 6.07) is 7.77. The number of nitrogens with two attached hydrogens (primary N) is 1. The lowest BCUT2D eigenvalue weighted by atomic mass is 10.1. The number of para-hydroxylation sites is 1. The third-order valence-electron chi connectivity index (χ3n) is 3.78. The molecule has 0 fully saturated rings. The Kier molecular flexibility index (Phi) is 2.44. The molecular weight excluding hydrogens is 266 g/mol. The van der Waals surface area contributed by atoms with Gasteiger partial charge in [0.15, 0.2) is 0 Å². The molecule has 1 amide bonds. The van der Waals surface area contributed by atoms with Crippen LogP contribution < -0.4 is 5.73 Å². The van der Waals surface area contributed by atoms with Gasteiger partial charge in [-0.2, -0.15) is 0 Å². The second-order valence-electron chi connectivity index (χ2n) is 5.11. The average molecular weight is 279 g/mol. The minimum absolute atomic E-state index is 0.0102. The summed E-state index contributed by atoms with van der Waals surface area (Å²) >= 11 is 0. The number of benzene rings is 1. The maximum Gasteiger partial charge on any atom is 0.256 e. The number of nitrogens with zero attached hydrogens (tertiary/aromatic N) is 3. The van der Waals surface area contributed by atoms with Gasteiger partial charge in [-0.3, -0.25) is 4.79 Å². The van der Waals surface area contributed by atoms with Crippen molar-refractivity contribution in [1.29, 1.82) is 0 Å². The number of carbonyl (C=O) groups is 1. The maximum atomic E-state index is 12.7. The fourth-order valence-electron chi connectivity index (χ4n) is 2.73. The molecule has 2 aromatic heterocycles. The highest BCUT2D eigenvalue weighted by atomic mass is 16.2. The van der Waals surface area contributed by atoms with Crippen molar-refractivity contribution in [3.8, 4) is 0 Å². The Hall–Kier alpha value is -2.89. The molecule has 104 valence electrons. The van der Waals surface area contributed by atoms with Crippen LogP contribution in [0, 0.1) is 0 Å². The predicted octanol–water partition coefficient (Wildman–Crippen LogP) is 1.70. The minimum atomic E-state index is -0.0102. The molecule has 6 nitrogen and oxygen atoms in total. The smallest absolute Gasteiger partial charge is 0.256 e. The zero-order valence-electron chi connectivity index (χ0n) is 11.2. The largest absolute Gasteiger partial charge is 0.368 e. The summed E-state index contributed by atoms with van der Waals surface area (Å²) in [5.41, 5.74) is 9.02. The first-order chi connectivity index (χ1) is 10.2. The number of rotatable bonds is 1. The number of nitrogens with one attached hydrogen (secondary N) is 1. The molecule has 1 aliphatic rings. The first-order valence-electron chi connectivity index (χ1n) is 6.68. The molecule has 0 saturated carbocycles. The van der Waals surface area contributed by atoms with Crippen molar-refractivity contribution in [2.45, 2.75) is 13.1 Å². The van der Waals surface area contributed by atoms with Gasteiger partial charge in [0.25, 0.3) is 5.91 Å². The van der Waals surface area contributed by atoms with Crippen LogP contribution in [0.2, 0.25) is 0 Å². The number of carbonyl (C=O) groups excluding carboxylic acids is 1. The van der Waals surface area contributed by atoms with Crippen molar-refractivity contribution in [2.24, 2.45) is 0 Å². The molecule has 3 aromatic rings. The molecule has 3 heterocycles. The summed E-state index contributed by atoms with van der Waals surface area (Å²) in [5, 5.41) is 0.934. The Labute approximate surface area is 120 Å². The monoisotopic (exact) mass is 279 g/mol. The lowest BCUT2D eigenvalue weighted by Crippen LogP contribution is -2.25. The van der Waals surface area contributed by atoms with Crippen molar-refractivity contribution in [1.82, 2.24) is 19.9 Å². The van der Waals surface area contributed by atoms with Crippen LogP contribution in [0.5, 0.6) is 0 Å². The molecule has 3 N–H and O–H groups in total. The third kappa shape index (κ3) is 1.84. The topological polar surface area (TPSA) is 87.9 Å². The van der Waals surface area contributed by atoms with E-state index in [0.717, 1.165) is 22.2 Å². The van der Waals surface area contributed by atoms with Crippen molar-refractivity contribution in [3.05, 3.63) is 53.5 Å². The quantitative estimate of drug-likeness (QED) is 0.709. The number of amides is 1. The average Bonchev–Trinajstić information content (AvgIpc) is 3.09. The number of fused-ring (bicyclic) bond motifs is 2. The van der Waals surface area contributed by atoms with Crippen LogP contribution in [-0.2, 0) is 13.1 Å². The van der Waals surface area contributed by atoms with Crippen LogP contribution in [0.15, 0.2) is 36.7 Å². The summed E-state index contributed by atoms with van der Waals surface area (Å²) in [6.07, 6.45) is 3.45. The molecule has 21 heavy (non-hydrogen) atoms. The summed E-state index contributed by atoms with van der Waals surface area (Å²) in [5.74, 6) is 0.235. The first kappa shape index (κ1) is 11.9. The third-order valence-corrected chi connectivity index (χ3v) is 3.78. The van der Waals surface area contributed by atoms with Gasteiger partial charge < -0.3 is 15.6 Å². The van der Waals surface area contributed by atoms with Gasteiger partial charge >= 0.3 is 0 Å². The van der Waals surface area contributed by atoms with Gasteiger partial charge in [-0.1, -0.05) is 18.2 Å². The molecule has 0 unspecified atom stereocenters.